The topological polar surface area (TPSA) is 57.5 Å². The van der Waals surface area contributed by atoms with Gasteiger partial charge in [-0.3, -0.25) is 0 Å². The van der Waals surface area contributed by atoms with Crippen molar-refractivity contribution in [1.82, 2.24) is 14.5 Å². The Morgan fingerprint density at radius 1 is 1.33 bits per heavy atom. The van der Waals surface area contributed by atoms with Crippen LogP contribution in [0.25, 0.3) is 5.57 Å². The van der Waals surface area contributed by atoms with E-state index in [1.807, 2.05) is 44.2 Å². The summed E-state index contributed by atoms with van der Waals surface area (Å²) >= 11 is 0.633. The number of ether oxygens (including phenoxy) is 3. The van der Waals surface area contributed by atoms with E-state index in [-0.39, 0.29) is 13.2 Å². The van der Waals surface area contributed by atoms with Crippen LogP contribution in [0.4, 0.5) is 13.2 Å². The zero-order chi connectivity index (χ0) is 24.1. The minimum absolute atomic E-state index is 0.289. The second-order valence-electron chi connectivity index (χ2n) is 7.93. The number of nitrogens with one attached hydrogen (secondary N) is 1. The van der Waals surface area contributed by atoms with Gasteiger partial charge in [0.1, 0.15) is 11.5 Å². The second-order valence-corrected chi connectivity index (χ2v) is 8.71. The first kappa shape index (κ1) is 25.4. The Labute approximate surface area is 195 Å². The summed E-state index contributed by atoms with van der Waals surface area (Å²) in [5, 5.41) is 4.60. The van der Waals surface area contributed by atoms with Crippen molar-refractivity contribution in [3.63, 3.8) is 0 Å². The molecule has 1 N–H and O–H groups in total. The number of rotatable bonds is 11. The highest BCUT2D eigenvalue weighted by Gasteiger charge is 2.41. The smallest absolute Gasteiger partial charge is 0.399 e. The van der Waals surface area contributed by atoms with E-state index in [0.29, 0.717) is 48.0 Å². The van der Waals surface area contributed by atoms with Gasteiger partial charge in [0, 0.05) is 13.2 Å². The van der Waals surface area contributed by atoms with Gasteiger partial charge in [0.2, 0.25) is 5.88 Å². The minimum atomic E-state index is -4.24. The van der Waals surface area contributed by atoms with E-state index in [9.17, 15) is 13.2 Å². The average molecular weight is 484 g/mol. The SMILES string of the molecule is C=C(/C=C(\C)C1(NSCC(F)(F)F)COC1)c1cc(Oc2ccc(C)cc2)n(CCOC)n1. The van der Waals surface area contributed by atoms with Crippen molar-refractivity contribution < 1.29 is 27.4 Å². The van der Waals surface area contributed by atoms with Crippen molar-refractivity contribution in [2.75, 3.05) is 32.7 Å². The molecule has 1 aromatic carbocycles. The molecule has 6 nitrogen and oxygen atoms in total. The van der Waals surface area contributed by atoms with Gasteiger partial charge in [-0.2, -0.15) is 18.3 Å². The number of allylic oxidation sites excluding steroid dienone is 2. The number of halogens is 3. The molecule has 1 aliphatic rings. The van der Waals surface area contributed by atoms with Gasteiger partial charge in [0.05, 0.1) is 37.6 Å². The van der Waals surface area contributed by atoms with Crippen molar-refractivity contribution in [3.05, 3.63) is 59.8 Å². The van der Waals surface area contributed by atoms with Gasteiger partial charge >= 0.3 is 6.18 Å². The maximum absolute atomic E-state index is 12.5. The molecular formula is C23H28F3N3O3S. The molecule has 0 saturated carbocycles. The highest BCUT2D eigenvalue weighted by Crippen LogP contribution is 2.32. The molecule has 10 heteroatoms. The fourth-order valence-electron chi connectivity index (χ4n) is 3.11. The average Bonchev–Trinajstić information content (AvgIpc) is 3.12. The molecule has 0 atom stereocenters. The van der Waals surface area contributed by atoms with Crippen molar-refractivity contribution in [2.24, 2.45) is 0 Å². The lowest BCUT2D eigenvalue weighted by molar-refractivity contribution is -0.105. The molecule has 2 heterocycles. The van der Waals surface area contributed by atoms with Gasteiger partial charge in [0.25, 0.3) is 0 Å². The minimum Gasteiger partial charge on any atom is -0.439 e. The van der Waals surface area contributed by atoms with Crippen molar-refractivity contribution in [2.45, 2.75) is 32.1 Å². The number of benzene rings is 1. The molecule has 1 aliphatic heterocycles. The van der Waals surface area contributed by atoms with Crippen molar-refractivity contribution in [3.8, 4) is 11.6 Å². The van der Waals surface area contributed by atoms with E-state index in [1.54, 1.807) is 17.9 Å². The van der Waals surface area contributed by atoms with E-state index in [1.165, 1.54) is 0 Å². The molecule has 1 fully saturated rings. The van der Waals surface area contributed by atoms with Gasteiger partial charge < -0.3 is 14.2 Å². The summed E-state index contributed by atoms with van der Waals surface area (Å²) in [5.74, 6) is 0.241. The Morgan fingerprint density at radius 2 is 2.03 bits per heavy atom. The van der Waals surface area contributed by atoms with Crippen LogP contribution in [0.5, 0.6) is 11.6 Å². The summed E-state index contributed by atoms with van der Waals surface area (Å²) in [4.78, 5) is 0. The van der Waals surface area contributed by atoms with Gasteiger partial charge in [0.15, 0.2) is 0 Å². The lowest BCUT2D eigenvalue weighted by Crippen LogP contribution is -2.59. The van der Waals surface area contributed by atoms with E-state index in [4.69, 9.17) is 14.2 Å². The van der Waals surface area contributed by atoms with Crippen LogP contribution in [0, 0.1) is 6.92 Å². The van der Waals surface area contributed by atoms with Crippen LogP contribution in [0.1, 0.15) is 18.2 Å². The predicted octanol–water partition coefficient (Wildman–Crippen LogP) is 5.16. The zero-order valence-electron chi connectivity index (χ0n) is 18.9. The molecule has 3 rings (SSSR count). The first-order valence-electron chi connectivity index (χ1n) is 10.3. The lowest BCUT2D eigenvalue weighted by atomic mass is 9.88. The van der Waals surface area contributed by atoms with Gasteiger partial charge in [-0.25, -0.2) is 9.40 Å². The molecule has 0 bridgehead atoms. The van der Waals surface area contributed by atoms with Crippen LogP contribution in [0.3, 0.4) is 0 Å². The molecule has 2 aromatic rings. The van der Waals surface area contributed by atoms with Crippen LogP contribution in [0.15, 0.2) is 48.6 Å². The summed E-state index contributed by atoms with van der Waals surface area (Å²) in [5.41, 5.74) is 2.50. The fraction of sp³-hybridized carbons (Fsp3) is 0.435. The Hall–Kier alpha value is -2.27. The number of hydrogen-bond acceptors (Lipinski definition) is 6. The Morgan fingerprint density at radius 3 is 2.61 bits per heavy atom. The second kappa shape index (κ2) is 10.8. The number of aromatic nitrogens is 2. The standard InChI is InChI=1S/C23H28F3N3O3S/c1-16-5-7-19(8-6-16)32-21-12-20(27-29(21)9-10-30-4)17(2)11-18(3)22(13-31-14-22)28-33-15-23(24,25)26/h5-8,11-12,28H,2,9-10,13-15H2,1,3-4H3/b18-11+. The summed E-state index contributed by atoms with van der Waals surface area (Å²) < 4.78 is 58.7. The third kappa shape index (κ3) is 6.86. The van der Waals surface area contributed by atoms with Crippen LogP contribution in [0.2, 0.25) is 0 Å². The van der Waals surface area contributed by atoms with Crippen LogP contribution >= 0.6 is 11.9 Å². The maximum Gasteiger partial charge on any atom is 0.399 e. The third-order valence-corrected chi connectivity index (χ3v) is 6.18. The molecule has 180 valence electrons. The zero-order valence-corrected chi connectivity index (χ0v) is 19.7. The summed E-state index contributed by atoms with van der Waals surface area (Å²) in [6.07, 6.45) is -2.42. The van der Waals surface area contributed by atoms with Crippen LogP contribution in [-0.2, 0) is 16.0 Å². The van der Waals surface area contributed by atoms with Crippen molar-refractivity contribution >= 4 is 17.5 Å². The van der Waals surface area contributed by atoms with E-state index in [0.717, 1.165) is 11.1 Å². The molecule has 0 amide bonds. The summed E-state index contributed by atoms with van der Waals surface area (Å²) in [6, 6.07) is 9.47. The molecule has 33 heavy (non-hydrogen) atoms. The highest BCUT2D eigenvalue weighted by atomic mass is 32.2. The van der Waals surface area contributed by atoms with Gasteiger partial charge in [-0.05, 0) is 37.1 Å². The molecule has 0 aliphatic carbocycles. The number of aryl methyl sites for hydroxylation is 1. The van der Waals surface area contributed by atoms with Crippen LogP contribution < -0.4 is 9.46 Å². The monoisotopic (exact) mass is 483 g/mol. The quantitative estimate of drug-likeness (QED) is 0.352. The van der Waals surface area contributed by atoms with Crippen LogP contribution in [-0.4, -0.2) is 54.2 Å². The first-order chi connectivity index (χ1) is 15.6. The molecule has 0 radical (unpaired) electrons. The third-order valence-electron chi connectivity index (χ3n) is 5.17. The van der Waals surface area contributed by atoms with E-state index < -0.39 is 17.5 Å². The van der Waals surface area contributed by atoms with Crippen molar-refractivity contribution in [1.29, 1.82) is 0 Å². The summed E-state index contributed by atoms with van der Waals surface area (Å²) in [6.45, 7) is 9.48. The molecule has 0 spiro atoms. The predicted molar refractivity (Wildman–Crippen MR) is 123 cm³/mol. The Bertz CT molecular complexity index is 983. The highest BCUT2D eigenvalue weighted by molar-refractivity contribution is 7.97. The number of alkyl halides is 3. The summed E-state index contributed by atoms with van der Waals surface area (Å²) in [7, 11) is 1.61. The van der Waals surface area contributed by atoms with Gasteiger partial charge in [-0.15, -0.1) is 0 Å². The number of methoxy groups -OCH3 is 1. The number of hydrogen-bond donors (Lipinski definition) is 1. The maximum atomic E-state index is 12.5. The molecule has 1 aromatic heterocycles. The molecule has 0 unspecified atom stereocenters. The van der Waals surface area contributed by atoms with E-state index >= 15 is 0 Å². The number of nitrogens with zero attached hydrogens (tertiary/aromatic N) is 2. The Balaban J connectivity index is 1.76. The van der Waals surface area contributed by atoms with Gasteiger partial charge in [-0.1, -0.05) is 42.3 Å². The first-order valence-corrected chi connectivity index (χ1v) is 11.3. The molecular weight excluding hydrogens is 455 g/mol. The van der Waals surface area contributed by atoms with E-state index in [2.05, 4.69) is 16.4 Å². The molecule has 1 saturated heterocycles. The largest absolute Gasteiger partial charge is 0.439 e. The fourth-order valence-corrected chi connectivity index (χ4v) is 3.90. The normalized spacial score (nSPS) is 15.9. The lowest BCUT2D eigenvalue weighted by Gasteiger charge is -2.43. The Kier molecular flexibility index (Phi) is 8.28.